The van der Waals surface area contributed by atoms with Crippen molar-refractivity contribution in [2.75, 3.05) is 18.0 Å². The van der Waals surface area contributed by atoms with E-state index >= 15 is 0 Å². The Labute approximate surface area is 124 Å². The van der Waals surface area contributed by atoms with Crippen LogP contribution in [0, 0.1) is 0 Å². The molecule has 1 amide bonds. The Kier molecular flexibility index (Phi) is 4.09. The molecule has 1 aliphatic rings. The Balaban J connectivity index is 1.61. The van der Waals surface area contributed by atoms with Gasteiger partial charge in [0.05, 0.1) is 0 Å². The molecule has 0 radical (unpaired) electrons. The summed E-state index contributed by atoms with van der Waals surface area (Å²) in [6, 6.07) is 9.68. The lowest BCUT2D eigenvalue weighted by Gasteiger charge is -2.25. The van der Waals surface area contributed by atoms with Crippen LogP contribution in [0.5, 0.6) is 0 Å². The molecule has 21 heavy (non-hydrogen) atoms. The van der Waals surface area contributed by atoms with Gasteiger partial charge in [-0.1, -0.05) is 6.07 Å². The number of nitrogens with one attached hydrogen (secondary N) is 1. The van der Waals surface area contributed by atoms with E-state index in [-0.39, 0.29) is 5.91 Å². The third-order valence-electron chi connectivity index (χ3n) is 3.76. The van der Waals surface area contributed by atoms with E-state index in [2.05, 4.69) is 20.2 Å². The SMILES string of the molecule is O=C(NC[C@H]1CCCN1c1ccccn1)c1ccncc1. The van der Waals surface area contributed by atoms with Crippen LogP contribution in [0.15, 0.2) is 48.9 Å². The van der Waals surface area contributed by atoms with Crippen molar-refractivity contribution in [3.8, 4) is 0 Å². The summed E-state index contributed by atoms with van der Waals surface area (Å²) in [4.78, 5) is 22.7. The summed E-state index contributed by atoms with van der Waals surface area (Å²) >= 11 is 0. The quantitative estimate of drug-likeness (QED) is 0.930. The maximum Gasteiger partial charge on any atom is 0.251 e. The number of pyridine rings is 2. The number of hydrogen-bond acceptors (Lipinski definition) is 4. The molecule has 0 spiro atoms. The average Bonchev–Trinajstić information content (AvgIpc) is 3.03. The number of anilines is 1. The van der Waals surface area contributed by atoms with Gasteiger partial charge in [0.15, 0.2) is 0 Å². The molecular formula is C16H18N4O. The summed E-state index contributed by atoms with van der Waals surface area (Å²) in [6.45, 7) is 1.63. The summed E-state index contributed by atoms with van der Waals surface area (Å²) in [5.74, 6) is 0.934. The molecule has 2 aromatic rings. The predicted molar refractivity (Wildman–Crippen MR) is 81.2 cm³/mol. The molecule has 0 saturated carbocycles. The van der Waals surface area contributed by atoms with E-state index in [1.165, 1.54) is 0 Å². The van der Waals surface area contributed by atoms with Gasteiger partial charge in [-0.25, -0.2) is 4.98 Å². The molecule has 0 unspecified atom stereocenters. The molecule has 2 aromatic heterocycles. The van der Waals surface area contributed by atoms with Gasteiger partial charge in [0.1, 0.15) is 5.82 Å². The first-order valence-electron chi connectivity index (χ1n) is 7.20. The third kappa shape index (κ3) is 3.18. The Morgan fingerprint density at radius 3 is 2.86 bits per heavy atom. The van der Waals surface area contributed by atoms with Crippen molar-refractivity contribution in [2.24, 2.45) is 0 Å². The standard InChI is InChI=1S/C16H18N4O/c21-16(13-6-9-17-10-7-13)19-12-14-4-3-11-20(14)15-5-1-2-8-18-15/h1-2,5-10,14H,3-4,11-12H2,(H,19,21)/t14-/m1/s1. The van der Waals surface area contributed by atoms with Crippen molar-refractivity contribution in [1.29, 1.82) is 0 Å². The fourth-order valence-electron chi connectivity index (χ4n) is 2.69. The van der Waals surface area contributed by atoms with Crippen LogP contribution in [0.1, 0.15) is 23.2 Å². The molecule has 5 heteroatoms. The van der Waals surface area contributed by atoms with Crippen LogP contribution >= 0.6 is 0 Å². The lowest BCUT2D eigenvalue weighted by molar-refractivity contribution is 0.0951. The van der Waals surface area contributed by atoms with Gasteiger partial charge in [0.2, 0.25) is 0 Å². The molecule has 0 aromatic carbocycles. The maximum atomic E-state index is 12.1. The fraction of sp³-hybridized carbons (Fsp3) is 0.312. The largest absolute Gasteiger partial charge is 0.352 e. The molecule has 1 atom stereocenters. The van der Waals surface area contributed by atoms with Crippen LogP contribution in [-0.4, -0.2) is 35.0 Å². The lowest BCUT2D eigenvalue weighted by atomic mass is 10.2. The van der Waals surface area contributed by atoms with Crippen molar-refractivity contribution in [3.63, 3.8) is 0 Å². The normalized spacial score (nSPS) is 17.7. The summed E-state index contributed by atoms with van der Waals surface area (Å²) in [6.07, 6.45) is 7.27. The van der Waals surface area contributed by atoms with Crippen LogP contribution in [0.3, 0.4) is 0 Å². The zero-order valence-corrected chi connectivity index (χ0v) is 11.8. The molecule has 0 bridgehead atoms. The zero-order valence-electron chi connectivity index (χ0n) is 11.8. The number of carbonyl (C=O) groups excluding carboxylic acids is 1. The molecule has 3 rings (SSSR count). The van der Waals surface area contributed by atoms with Gasteiger partial charge < -0.3 is 10.2 Å². The second kappa shape index (κ2) is 6.35. The average molecular weight is 282 g/mol. The van der Waals surface area contributed by atoms with E-state index in [1.54, 1.807) is 30.7 Å². The van der Waals surface area contributed by atoms with E-state index in [4.69, 9.17) is 0 Å². The Hall–Kier alpha value is -2.43. The minimum absolute atomic E-state index is 0.0507. The molecule has 5 nitrogen and oxygen atoms in total. The van der Waals surface area contributed by atoms with Crippen molar-refractivity contribution < 1.29 is 4.79 Å². The van der Waals surface area contributed by atoms with Gasteiger partial charge in [-0.2, -0.15) is 0 Å². The van der Waals surface area contributed by atoms with Gasteiger partial charge in [-0.3, -0.25) is 9.78 Å². The molecule has 1 saturated heterocycles. The van der Waals surface area contributed by atoms with Gasteiger partial charge in [-0.05, 0) is 37.1 Å². The van der Waals surface area contributed by atoms with Crippen LogP contribution in [-0.2, 0) is 0 Å². The minimum atomic E-state index is -0.0507. The first kappa shape index (κ1) is 13.5. The van der Waals surface area contributed by atoms with Gasteiger partial charge >= 0.3 is 0 Å². The number of rotatable bonds is 4. The number of carbonyl (C=O) groups is 1. The summed E-state index contributed by atoms with van der Waals surface area (Å²) in [5.41, 5.74) is 0.646. The van der Waals surface area contributed by atoms with Gasteiger partial charge in [0.25, 0.3) is 5.91 Å². The third-order valence-corrected chi connectivity index (χ3v) is 3.76. The van der Waals surface area contributed by atoms with Gasteiger partial charge in [-0.15, -0.1) is 0 Å². The highest BCUT2D eigenvalue weighted by Crippen LogP contribution is 2.22. The second-order valence-corrected chi connectivity index (χ2v) is 5.12. The van der Waals surface area contributed by atoms with Crippen LogP contribution < -0.4 is 10.2 Å². The number of amides is 1. The summed E-state index contributed by atoms with van der Waals surface area (Å²) in [7, 11) is 0. The first-order chi connectivity index (χ1) is 10.3. The number of hydrogen-bond donors (Lipinski definition) is 1. The van der Waals surface area contributed by atoms with E-state index in [0.717, 1.165) is 25.2 Å². The molecular weight excluding hydrogens is 264 g/mol. The van der Waals surface area contributed by atoms with E-state index < -0.39 is 0 Å². The number of aromatic nitrogens is 2. The van der Waals surface area contributed by atoms with Crippen molar-refractivity contribution >= 4 is 11.7 Å². The minimum Gasteiger partial charge on any atom is -0.352 e. The maximum absolute atomic E-state index is 12.1. The van der Waals surface area contributed by atoms with Gasteiger partial charge in [0, 0.05) is 43.3 Å². The van der Waals surface area contributed by atoms with E-state index in [0.29, 0.717) is 18.2 Å². The molecule has 0 aliphatic carbocycles. The molecule has 3 heterocycles. The monoisotopic (exact) mass is 282 g/mol. The lowest BCUT2D eigenvalue weighted by Crippen LogP contribution is -2.40. The highest BCUT2D eigenvalue weighted by atomic mass is 16.1. The highest BCUT2D eigenvalue weighted by molar-refractivity contribution is 5.94. The van der Waals surface area contributed by atoms with Crippen LogP contribution in [0.2, 0.25) is 0 Å². The van der Waals surface area contributed by atoms with E-state index in [1.807, 2.05) is 18.2 Å². The topological polar surface area (TPSA) is 58.1 Å². The van der Waals surface area contributed by atoms with Crippen molar-refractivity contribution in [3.05, 3.63) is 54.5 Å². The van der Waals surface area contributed by atoms with Crippen molar-refractivity contribution in [2.45, 2.75) is 18.9 Å². The predicted octanol–water partition coefficient (Wildman–Crippen LogP) is 1.88. The molecule has 108 valence electrons. The summed E-state index contributed by atoms with van der Waals surface area (Å²) < 4.78 is 0. The molecule has 1 aliphatic heterocycles. The van der Waals surface area contributed by atoms with Crippen LogP contribution in [0.25, 0.3) is 0 Å². The second-order valence-electron chi connectivity index (χ2n) is 5.12. The fourth-order valence-corrected chi connectivity index (χ4v) is 2.69. The zero-order chi connectivity index (χ0) is 14.5. The Bertz CT molecular complexity index is 588. The Morgan fingerprint density at radius 2 is 2.10 bits per heavy atom. The molecule has 1 N–H and O–H groups in total. The molecule has 1 fully saturated rings. The first-order valence-corrected chi connectivity index (χ1v) is 7.20. The van der Waals surface area contributed by atoms with Crippen molar-refractivity contribution in [1.82, 2.24) is 15.3 Å². The van der Waals surface area contributed by atoms with E-state index in [9.17, 15) is 4.79 Å². The Morgan fingerprint density at radius 1 is 1.24 bits per heavy atom. The summed E-state index contributed by atoms with van der Waals surface area (Å²) in [5, 5.41) is 3.00. The highest BCUT2D eigenvalue weighted by Gasteiger charge is 2.25. The number of nitrogens with zero attached hydrogens (tertiary/aromatic N) is 3. The van der Waals surface area contributed by atoms with Crippen LogP contribution in [0.4, 0.5) is 5.82 Å². The smallest absolute Gasteiger partial charge is 0.251 e.